The van der Waals surface area contributed by atoms with Gasteiger partial charge in [0.1, 0.15) is 11.4 Å². The van der Waals surface area contributed by atoms with Gasteiger partial charge in [0.15, 0.2) is 0 Å². The highest BCUT2D eigenvalue weighted by atomic mass is 35.5. The molecular weight excluding hydrogens is 361 g/mol. The molecule has 1 saturated heterocycles. The number of carbonyl (C=O) groups excluding carboxylic acids is 2. The fourth-order valence-corrected chi connectivity index (χ4v) is 2.81. The van der Waals surface area contributed by atoms with Crippen molar-refractivity contribution in [1.82, 2.24) is 15.1 Å². The van der Waals surface area contributed by atoms with Gasteiger partial charge in [-0.3, -0.25) is 4.79 Å². The molecule has 1 heterocycles. The third kappa shape index (κ3) is 5.57. The Labute approximate surface area is 158 Å². The fourth-order valence-electron chi connectivity index (χ4n) is 2.57. The fraction of sp³-hybridized carbons (Fsp3) is 0.556. The van der Waals surface area contributed by atoms with Crippen molar-refractivity contribution in [2.45, 2.75) is 32.9 Å². The number of carbonyl (C=O) groups is 2. The SMILES string of the molecule is CN1CCN(C(=O)c2cc(Cl)c(F)c(CNC(=O)OC(C)(C)C)c2)CC1. The first-order valence-corrected chi connectivity index (χ1v) is 8.87. The minimum absolute atomic E-state index is 0.121. The highest BCUT2D eigenvalue weighted by Gasteiger charge is 2.23. The molecular formula is C18H25ClFN3O3. The molecule has 2 amide bonds. The average molecular weight is 386 g/mol. The zero-order chi connectivity index (χ0) is 19.5. The van der Waals surface area contributed by atoms with Crippen molar-refractivity contribution >= 4 is 23.6 Å². The highest BCUT2D eigenvalue weighted by Crippen LogP contribution is 2.22. The molecule has 1 aliphatic heterocycles. The topological polar surface area (TPSA) is 61.9 Å². The highest BCUT2D eigenvalue weighted by molar-refractivity contribution is 6.31. The van der Waals surface area contributed by atoms with Crippen LogP contribution >= 0.6 is 11.6 Å². The van der Waals surface area contributed by atoms with Crippen LogP contribution in [-0.4, -0.2) is 60.6 Å². The maximum atomic E-state index is 14.3. The van der Waals surface area contributed by atoms with E-state index in [1.54, 1.807) is 25.7 Å². The Hall–Kier alpha value is -1.86. The quantitative estimate of drug-likeness (QED) is 0.869. The predicted octanol–water partition coefficient (Wildman–Crippen LogP) is 2.89. The monoisotopic (exact) mass is 385 g/mol. The number of nitrogens with zero attached hydrogens (tertiary/aromatic N) is 2. The number of likely N-dealkylation sites (N-methyl/N-ethyl adjacent to an activating group) is 1. The van der Waals surface area contributed by atoms with E-state index in [1.165, 1.54) is 12.1 Å². The van der Waals surface area contributed by atoms with Gasteiger partial charge in [-0.25, -0.2) is 9.18 Å². The molecule has 8 heteroatoms. The van der Waals surface area contributed by atoms with Crippen LogP contribution < -0.4 is 5.32 Å². The van der Waals surface area contributed by atoms with Crippen molar-refractivity contribution in [3.05, 3.63) is 34.1 Å². The first-order valence-electron chi connectivity index (χ1n) is 8.49. The Morgan fingerprint density at radius 3 is 2.42 bits per heavy atom. The van der Waals surface area contributed by atoms with Gasteiger partial charge >= 0.3 is 6.09 Å². The molecule has 0 radical (unpaired) electrons. The van der Waals surface area contributed by atoms with E-state index >= 15 is 0 Å². The van der Waals surface area contributed by atoms with Crippen LogP contribution in [-0.2, 0) is 11.3 Å². The second-order valence-electron chi connectivity index (χ2n) is 7.38. The summed E-state index contributed by atoms with van der Waals surface area (Å²) in [5.41, 5.74) is -0.206. The molecule has 144 valence electrons. The van der Waals surface area contributed by atoms with Gasteiger partial charge in [0.2, 0.25) is 0 Å². The van der Waals surface area contributed by atoms with Crippen molar-refractivity contribution in [1.29, 1.82) is 0 Å². The van der Waals surface area contributed by atoms with E-state index in [9.17, 15) is 14.0 Å². The number of hydrogen-bond donors (Lipinski definition) is 1. The lowest BCUT2D eigenvalue weighted by molar-refractivity contribution is 0.0523. The minimum atomic E-state index is -0.663. The number of hydrogen-bond acceptors (Lipinski definition) is 4. The van der Waals surface area contributed by atoms with Crippen molar-refractivity contribution < 1.29 is 18.7 Å². The maximum Gasteiger partial charge on any atom is 0.407 e. The molecule has 0 aliphatic carbocycles. The van der Waals surface area contributed by atoms with E-state index in [1.807, 2.05) is 7.05 Å². The molecule has 26 heavy (non-hydrogen) atoms. The van der Waals surface area contributed by atoms with Crippen LogP contribution in [0.1, 0.15) is 36.7 Å². The predicted molar refractivity (Wildman–Crippen MR) is 97.9 cm³/mol. The lowest BCUT2D eigenvalue weighted by atomic mass is 10.1. The first-order chi connectivity index (χ1) is 12.1. The second kappa shape index (κ2) is 8.22. The molecule has 1 fully saturated rings. The smallest absolute Gasteiger partial charge is 0.407 e. The number of alkyl carbamates (subject to hydrolysis) is 1. The summed E-state index contributed by atoms with van der Waals surface area (Å²) < 4.78 is 19.4. The summed E-state index contributed by atoms with van der Waals surface area (Å²) in [4.78, 5) is 28.3. The zero-order valence-electron chi connectivity index (χ0n) is 15.6. The molecule has 6 nitrogen and oxygen atoms in total. The number of ether oxygens (including phenoxy) is 1. The molecule has 2 rings (SSSR count). The number of piperazine rings is 1. The minimum Gasteiger partial charge on any atom is -0.444 e. The van der Waals surface area contributed by atoms with Gasteiger partial charge in [-0.2, -0.15) is 0 Å². The lowest BCUT2D eigenvalue weighted by Crippen LogP contribution is -2.47. The molecule has 0 atom stereocenters. The molecule has 0 unspecified atom stereocenters. The van der Waals surface area contributed by atoms with Crippen molar-refractivity contribution in [2.75, 3.05) is 33.2 Å². The van der Waals surface area contributed by atoms with Gasteiger partial charge in [-0.15, -0.1) is 0 Å². The molecule has 0 saturated carbocycles. The number of rotatable bonds is 3. The Morgan fingerprint density at radius 1 is 1.23 bits per heavy atom. The Balaban J connectivity index is 2.10. The summed E-state index contributed by atoms with van der Waals surface area (Å²) in [6.45, 7) is 7.87. The van der Waals surface area contributed by atoms with Crippen LogP contribution in [0.4, 0.5) is 9.18 Å². The Morgan fingerprint density at radius 2 is 1.85 bits per heavy atom. The van der Waals surface area contributed by atoms with E-state index in [-0.39, 0.29) is 23.0 Å². The van der Waals surface area contributed by atoms with Crippen LogP contribution in [0.25, 0.3) is 0 Å². The van der Waals surface area contributed by atoms with Crippen LogP contribution in [0.5, 0.6) is 0 Å². The summed E-state index contributed by atoms with van der Waals surface area (Å²) in [6, 6.07) is 2.76. The molecule has 1 aliphatic rings. The number of nitrogens with one attached hydrogen (secondary N) is 1. The van der Waals surface area contributed by atoms with E-state index in [2.05, 4.69) is 10.2 Å². The summed E-state index contributed by atoms with van der Waals surface area (Å²) in [7, 11) is 2.00. The van der Waals surface area contributed by atoms with Gasteiger partial charge < -0.3 is 19.9 Å². The summed E-state index contributed by atoms with van der Waals surface area (Å²) in [6.07, 6.45) is -0.663. The first kappa shape index (κ1) is 20.5. The van der Waals surface area contributed by atoms with Gasteiger partial charge in [-0.1, -0.05) is 11.6 Å². The average Bonchev–Trinajstić information content (AvgIpc) is 2.54. The molecule has 1 aromatic rings. The van der Waals surface area contributed by atoms with Crippen LogP contribution in [0, 0.1) is 5.82 Å². The summed E-state index contributed by atoms with van der Waals surface area (Å²) in [5.74, 6) is -0.851. The molecule has 0 bridgehead atoms. The molecule has 0 aromatic heterocycles. The Kier molecular flexibility index (Phi) is 6.47. The van der Waals surface area contributed by atoms with E-state index in [0.29, 0.717) is 18.7 Å². The zero-order valence-corrected chi connectivity index (χ0v) is 16.3. The largest absolute Gasteiger partial charge is 0.444 e. The van der Waals surface area contributed by atoms with Gasteiger partial charge in [-0.05, 0) is 40.0 Å². The van der Waals surface area contributed by atoms with Crippen LogP contribution in [0.3, 0.4) is 0 Å². The van der Waals surface area contributed by atoms with Crippen molar-refractivity contribution in [2.24, 2.45) is 0 Å². The van der Waals surface area contributed by atoms with Crippen LogP contribution in [0.15, 0.2) is 12.1 Å². The van der Waals surface area contributed by atoms with Crippen LogP contribution in [0.2, 0.25) is 5.02 Å². The number of benzene rings is 1. The normalized spacial score (nSPS) is 15.7. The summed E-state index contributed by atoms with van der Waals surface area (Å²) in [5, 5.41) is 2.34. The Bertz CT molecular complexity index is 683. The number of amides is 2. The van der Waals surface area contributed by atoms with Gasteiger partial charge in [0.25, 0.3) is 5.91 Å². The third-order valence-electron chi connectivity index (χ3n) is 3.96. The molecule has 0 spiro atoms. The summed E-state index contributed by atoms with van der Waals surface area (Å²) >= 11 is 5.95. The second-order valence-corrected chi connectivity index (χ2v) is 7.79. The van der Waals surface area contributed by atoms with E-state index in [4.69, 9.17) is 16.3 Å². The van der Waals surface area contributed by atoms with E-state index in [0.717, 1.165) is 13.1 Å². The van der Waals surface area contributed by atoms with Crippen molar-refractivity contribution in [3.63, 3.8) is 0 Å². The number of halogens is 2. The third-order valence-corrected chi connectivity index (χ3v) is 4.24. The van der Waals surface area contributed by atoms with Gasteiger partial charge in [0.05, 0.1) is 5.02 Å². The van der Waals surface area contributed by atoms with E-state index < -0.39 is 17.5 Å². The lowest BCUT2D eigenvalue weighted by Gasteiger charge is -2.32. The van der Waals surface area contributed by atoms with Crippen molar-refractivity contribution in [3.8, 4) is 0 Å². The molecule has 1 N–H and O–H groups in total. The standard InChI is InChI=1S/C18H25ClFN3O3/c1-18(2,3)26-17(25)21-11-13-9-12(10-14(19)15(13)20)16(24)23-7-5-22(4)6-8-23/h9-10H,5-8,11H2,1-4H3,(H,21,25). The maximum absolute atomic E-state index is 14.3. The van der Waals surface area contributed by atoms with Gasteiger partial charge in [0, 0.05) is 43.9 Å². The molecule has 1 aromatic carbocycles.